The van der Waals surface area contributed by atoms with Gasteiger partial charge in [-0.15, -0.1) is 6.58 Å². The van der Waals surface area contributed by atoms with Gasteiger partial charge in [-0.1, -0.05) is 44.9 Å². The molecule has 150 valence electrons. The molecule has 0 saturated heterocycles. The van der Waals surface area contributed by atoms with E-state index in [1.165, 1.54) is 5.57 Å². The van der Waals surface area contributed by atoms with Gasteiger partial charge in [-0.25, -0.2) is 0 Å². The second kappa shape index (κ2) is 6.79. The predicted octanol–water partition coefficient (Wildman–Crippen LogP) is 4.71. The van der Waals surface area contributed by atoms with E-state index in [2.05, 4.69) is 44.8 Å². The molecule has 0 radical (unpaired) electrons. The summed E-state index contributed by atoms with van der Waals surface area (Å²) in [5.41, 5.74) is 1.19. The molecule has 0 bridgehead atoms. The molecule has 27 heavy (non-hydrogen) atoms. The van der Waals surface area contributed by atoms with Crippen LogP contribution in [0.25, 0.3) is 0 Å². The van der Waals surface area contributed by atoms with Gasteiger partial charge in [-0.05, 0) is 68.1 Å². The van der Waals surface area contributed by atoms with E-state index in [4.69, 9.17) is 0 Å². The van der Waals surface area contributed by atoms with Gasteiger partial charge in [0.2, 0.25) is 5.91 Å². The molecule has 3 aliphatic carbocycles. The summed E-state index contributed by atoms with van der Waals surface area (Å²) in [6.45, 7) is 12.4. The van der Waals surface area contributed by atoms with Crippen LogP contribution in [0.15, 0.2) is 24.3 Å². The third-order valence-electron chi connectivity index (χ3n) is 8.26. The highest BCUT2D eigenvalue weighted by Gasteiger charge is 2.58. The second-order valence-electron chi connectivity index (χ2n) is 9.81. The highest BCUT2D eigenvalue weighted by Crippen LogP contribution is 2.65. The molecule has 4 heteroatoms. The van der Waals surface area contributed by atoms with Crippen molar-refractivity contribution in [3.63, 3.8) is 0 Å². The Hall–Kier alpha value is -1.58. The molecule has 0 heterocycles. The first-order chi connectivity index (χ1) is 12.6. The molecule has 0 aromatic rings. The van der Waals surface area contributed by atoms with Crippen LogP contribution in [0.3, 0.4) is 0 Å². The minimum atomic E-state index is -0.981. The zero-order chi connectivity index (χ0) is 20.0. The molecule has 0 spiro atoms. The van der Waals surface area contributed by atoms with Crippen LogP contribution in [0, 0.1) is 28.1 Å². The summed E-state index contributed by atoms with van der Waals surface area (Å²) in [6, 6.07) is -0.850. The van der Waals surface area contributed by atoms with E-state index < -0.39 is 17.4 Å². The molecular weight excluding hydrogens is 338 g/mol. The molecule has 1 amide bonds. The van der Waals surface area contributed by atoms with Crippen molar-refractivity contribution in [3.8, 4) is 0 Å². The molecule has 2 fully saturated rings. The minimum Gasteiger partial charge on any atom is -0.480 e. The van der Waals surface area contributed by atoms with Gasteiger partial charge >= 0.3 is 5.97 Å². The molecule has 6 atom stereocenters. The number of rotatable bonds is 4. The maximum absolute atomic E-state index is 13.2. The standard InChI is InChI=1S/C23H35NO3/c1-6-21(3)12-7-9-17-16(21)10-11-18-22(17,4)13-8-14-23(18,5)20(27)24-15(2)19(25)26/h6,9,15-16,18H,1,7-8,10-14H2,2-5H3,(H,24,27)(H,25,26)/t15-,16+,18-,21-,22-,23+/m0/s1. The number of allylic oxidation sites excluding steroid dienone is 3. The van der Waals surface area contributed by atoms with Crippen LogP contribution >= 0.6 is 0 Å². The lowest BCUT2D eigenvalue weighted by molar-refractivity contribution is -0.148. The van der Waals surface area contributed by atoms with E-state index in [-0.39, 0.29) is 22.7 Å². The number of carbonyl (C=O) groups is 2. The summed E-state index contributed by atoms with van der Waals surface area (Å²) in [5.74, 6) is -0.289. The summed E-state index contributed by atoms with van der Waals surface area (Å²) in [7, 11) is 0. The maximum atomic E-state index is 13.2. The molecule has 0 unspecified atom stereocenters. The van der Waals surface area contributed by atoms with E-state index in [9.17, 15) is 14.7 Å². The quantitative estimate of drug-likeness (QED) is 0.701. The highest BCUT2D eigenvalue weighted by atomic mass is 16.4. The summed E-state index contributed by atoms with van der Waals surface area (Å²) in [4.78, 5) is 24.4. The summed E-state index contributed by atoms with van der Waals surface area (Å²) in [5, 5.41) is 12.0. The van der Waals surface area contributed by atoms with Crippen LogP contribution in [0.5, 0.6) is 0 Å². The fourth-order valence-corrected chi connectivity index (χ4v) is 6.46. The van der Waals surface area contributed by atoms with E-state index in [0.717, 1.165) is 44.9 Å². The Bertz CT molecular complexity index is 683. The molecule has 0 aliphatic heterocycles. The van der Waals surface area contributed by atoms with Crippen molar-refractivity contribution in [3.05, 3.63) is 24.3 Å². The van der Waals surface area contributed by atoms with Gasteiger partial charge in [-0.2, -0.15) is 0 Å². The Balaban J connectivity index is 1.94. The van der Waals surface area contributed by atoms with Crippen LogP contribution in [0.4, 0.5) is 0 Å². The predicted molar refractivity (Wildman–Crippen MR) is 107 cm³/mol. The number of carbonyl (C=O) groups excluding carboxylic acids is 1. The molecule has 3 rings (SSSR count). The number of hydrogen-bond acceptors (Lipinski definition) is 2. The fourth-order valence-electron chi connectivity index (χ4n) is 6.46. The van der Waals surface area contributed by atoms with Crippen molar-refractivity contribution < 1.29 is 14.7 Å². The average molecular weight is 374 g/mol. The van der Waals surface area contributed by atoms with E-state index >= 15 is 0 Å². The highest BCUT2D eigenvalue weighted by molar-refractivity contribution is 5.87. The molecular formula is C23H35NO3. The lowest BCUT2D eigenvalue weighted by Gasteiger charge is -2.60. The topological polar surface area (TPSA) is 66.4 Å². The van der Waals surface area contributed by atoms with E-state index in [1.807, 2.05) is 0 Å². The molecule has 2 saturated carbocycles. The van der Waals surface area contributed by atoms with Gasteiger partial charge in [0.05, 0.1) is 5.41 Å². The van der Waals surface area contributed by atoms with Crippen LogP contribution in [0.1, 0.15) is 72.6 Å². The first-order valence-electron chi connectivity index (χ1n) is 10.5. The molecule has 4 nitrogen and oxygen atoms in total. The third-order valence-corrected chi connectivity index (χ3v) is 8.26. The Kier molecular flexibility index (Phi) is 5.07. The molecule has 2 N–H and O–H groups in total. The van der Waals surface area contributed by atoms with Crippen LogP contribution in [-0.2, 0) is 9.59 Å². The number of fused-ring (bicyclic) bond motifs is 3. The number of nitrogens with one attached hydrogen (secondary N) is 1. The van der Waals surface area contributed by atoms with Crippen LogP contribution in [-0.4, -0.2) is 23.0 Å². The van der Waals surface area contributed by atoms with Gasteiger partial charge < -0.3 is 10.4 Å². The Morgan fingerprint density at radius 3 is 2.59 bits per heavy atom. The van der Waals surface area contributed by atoms with E-state index in [0.29, 0.717) is 5.92 Å². The number of aliphatic carboxylic acids is 1. The Morgan fingerprint density at radius 1 is 1.26 bits per heavy atom. The Labute approximate surface area is 163 Å². The zero-order valence-electron chi connectivity index (χ0n) is 17.3. The smallest absolute Gasteiger partial charge is 0.325 e. The van der Waals surface area contributed by atoms with E-state index in [1.54, 1.807) is 6.92 Å². The summed E-state index contributed by atoms with van der Waals surface area (Å²) < 4.78 is 0. The lowest BCUT2D eigenvalue weighted by atomic mass is 9.44. The monoisotopic (exact) mass is 373 g/mol. The van der Waals surface area contributed by atoms with Gasteiger partial charge in [0.15, 0.2) is 0 Å². The normalized spacial score (nSPS) is 42.1. The van der Waals surface area contributed by atoms with Crippen molar-refractivity contribution in [2.24, 2.45) is 28.1 Å². The molecule has 0 aromatic carbocycles. The van der Waals surface area contributed by atoms with Gasteiger partial charge in [0, 0.05) is 0 Å². The summed E-state index contributed by atoms with van der Waals surface area (Å²) >= 11 is 0. The average Bonchev–Trinajstić information content (AvgIpc) is 2.62. The van der Waals surface area contributed by atoms with Crippen molar-refractivity contribution in [2.75, 3.05) is 0 Å². The number of amides is 1. The Morgan fingerprint density at radius 2 is 1.96 bits per heavy atom. The van der Waals surface area contributed by atoms with Gasteiger partial charge in [0.1, 0.15) is 6.04 Å². The van der Waals surface area contributed by atoms with Crippen LogP contribution in [0.2, 0.25) is 0 Å². The van der Waals surface area contributed by atoms with Crippen LogP contribution < -0.4 is 5.32 Å². The number of carboxylic acid groups (broad SMARTS) is 1. The van der Waals surface area contributed by atoms with Gasteiger partial charge in [0.25, 0.3) is 0 Å². The fraction of sp³-hybridized carbons (Fsp3) is 0.739. The number of hydrogen-bond donors (Lipinski definition) is 2. The minimum absolute atomic E-state index is 0.0183. The van der Waals surface area contributed by atoms with Crippen molar-refractivity contribution in [1.82, 2.24) is 5.32 Å². The lowest BCUT2D eigenvalue weighted by Crippen LogP contribution is -2.57. The maximum Gasteiger partial charge on any atom is 0.325 e. The number of carboxylic acids is 1. The SMILES string of the molecule is C=C[C@@]1(C)CCC=C2[C@H]1CC[C@@H]1[C@](C)(C(=O)N[C@@H](C)C(=O)O)CCC[C@@]21C. The first kappa shape index (κ1) is 20.2. The summed E-state index contributed by atoms with van der Waals surface area (Å²) in [6.07, 6.45) is 11.9. The zero-order valence-corrected chi connectivity index (χ0v) is 17.3. The third kappa shape index (κ3) is 3.05. The van der Waals surface area contributed by atoms with Gasteiger partial charge in [-0.3, -0.25) is 9.59 Å². The molecule has 0 aromatic heterocycles. The molecule has 3 aliphatic rings. The largest absolute Gasteiger partial charge is 0.480 e. The van der Waals surface area contributed by atoms with Crippen molar-refractivity contribution in [2.45, 2.75) is 78.7 Å². The first-order valence-corrected chi connectivity index (χ1v) is 10.5. The van der Waals surface area contributed by atoms with Crippen molar-refractivity contribution >= 4 is 11.9 Å². The second-order valence-corrected chi connectivity index (χ2v) is 9.81. The van der Waals surface area contributed by atoms with Crippen molar-refractivity contribution in [1.29, 1.82) is 0 Å².